The van der Waals surface area contributed by atoms with Gasteiger partial charge in [-0.25, -0.2) is 13.1 Å². The van der Waals surface area contributed by atoms with Crippen molar-refractivity contribution in [2.75, 3.05) is 25.0 Å². The highest BCUT2D eigenvalue weighted by molar-refractivity contribution is 7.92. The van der Waals surface area contributed by atoms with E-state index in [1.807, 2.05) is 6.92 Å². The number of hydrogen-bond acceptors (Lipinski definition) is 5. The van der Waals surface area contributed by atoms with E-state index in [2.05, 4.69) is 15.1 Å². The number of amides is 1. The van der Waals surface area contributed by atoms with Crippen LogP contribution in [0.2, 0.25) is 0 Å². The molecule has 3 rings (SSSR count). The summed E-state index contributed by atoms with van der Waals surface area (Å²) in [6.07, 6.45) is 1.66. The van der Waals surface area contributed by atoms with Gasteiger partial charge in [-0.15, -0.1) is 0 Å². The Balaban J connectivity index is 1.69. The first-order valence-corrected chi connectivity index (χ1v) is 10.4. The van der Waals surface area contributed by atoms with Gasteiger partial charge in [0, 0.05) is 25.5 Å². The second-order valence-electron chi connectivity index (χ2n) is 6.36. The quantitative estimate of drug-likeness (QED) is 0.551. The standard InChI is InChI=1S/C20H22N4O4S/c1-15-3-9-18(10-4-15)29(26,27)23-16-5-7-17(8-6-16)24-13-11-19(22-24)20(25)21-12-14-28-2/h3-11,13,23H,12,14H2,1-2H3,(H,21,25). The molecular weight excluding hydrogens is 392 g/mol. The molecule has 0 saturated carbocycles. The van der Waals surface area contributed by atoms with Crippen LogP contribution in [0.4, 0.5) is 5.69 Å². The van der Waals surface area contributed by atoms with Crippen LogP contribution in [0.15, 0.2) is 65.7 Å². The molecule has 29 heavy (non-hydrogen) atoms. The van der Waals surface area contributed by atoms with Gasteiger partial charge >= 0.3 is 0 Å². The van der Waals surface area contributed by atoms with E-state index in [-0.39, 0.29) is 16.5 Å². The van der Waals surface area contributed by atoms with Gasteiger partial charge < -0.3 is 10.1 Å². The number of hydrogen-bond donors (Lipinski definition) is 2. The van der Waals surface area contributed by atoms with Crippen molar-refractivity contribution in [1.82, 2.24) is 15.1 Å². The number of nitrogens with one attached hydrogen (secondary N) is 2. The van der Waals surface area contributed by atoms with Crippen LogP contribution >= 0.6 is 0 Å². The first kappa shape index (κ1) is 20.6. The van der Waals surface area contributed by atoms with Crippen molar-refractivity contribution in [3.63, 3.8) is 0 Å². The maximum atomic E-state index is 12.5. The maximum Gasteiger partial charge on any atom is 0.271 e. The van der Waals surface area contributed by atoms with E-state index in [1.165, 1.54) is 0 Å². The van der Waals surface area contributed by atoms with E-state index >= 15 is 0 Å². The number of carbonyl (C=O) groups excluding carboxylic acids is 1. The molecule has 2 aromatic carbocycles. The first-order chi connectivity index (χ1) is 13.9. The third kappa shape index (κ3) is 5.21. The number of aromatic nitrogens is 2. The minimum Gasteiger partial charge on any atom is -0.383 e. The largest absolute Gasteiger partial charge is 0.383 e. The normalized spacial score (nSPS) is 11.2. The third-order valence-electron chi connectivity index (χ3n) is 4.13. The average molecular weight is 414 g/mol. The van der Waals surface area contributed by atoms with Crippen molar-refractivity contribution in [2.45, 2.75) is 11.8 Å². The van der Waals surface area contributed by atoms with Crippen molar-refractivity contribution in [3.05, 3.63) is 72.1 Å². The molecule has 0 radical (unpaired) electrons. The molecule has 0 aliphatic rings. The van der Waals surface area contributed by atoms with Gasteiger partial charge in [-0.05, 0) is 49.4 Å². The zero-order valence-corrected chi connectivity index (χ0v) is 16.9. The second-order valence-corrected chi connectivity index (χ2v) is 8.04. The predicted molar refractivity (Wildman–Crippen MR) is 110 cm³/mol. The number of sulfonamides is 1. The van der Waals surface area contributed by atoms with Crippen molar-refractivity contribution in [3.8, 4) is 5.69 Å². The van der Waals surface area contributed by atoms with Crippen molar-refractivity contribution in [1.29, 1.82) is 0 Å². The molecule has 0 fully saturated rings. The van der Waals surface area contributed by atoms with Gasteiger partial charge in [0.15, 0.2) is 5.69 Å². The summed E-state index contributed by atoms with van der Waals surface area (Å²) in [6.45, 7) is 2.72. The van der Waals surface area contributed by atoms with Crippen LogP contribution in [0.25, 0.3) is 5.69 Å². The zero-order valence-electron chi connectivity index (χ0n) is 16.1. The summed E-state index contributed by atoms with van der Waals surface area (Å²) in [6, 6.07) is 14.9. The molecule has 2 N–H and O–H groups in total. The monoisotopic (exact) mass is 414 g/mol. The van der Waals surface area contributed by atoms with Crippen molar-refractivity contribution < 1.29 is 17.9 Å². The lowest BCUT2D eigenvalue weighted by atomic mass is 10.2. The summed E-state index contributed by atoms with van der Waals surface area (Å²) in [4.78, 5) is 12.2. The van der Waals surface area contributed by atoms with Crippen LogP contribution in [0.3, 0.4) is 0 Å². The van der Waals surface area contributed by atoms with E-state index in [4.69, 9.17) is 4.74 Å². The molecular formula is C20H22N4O4S. The molecule has 0 unspecified atom stereocenters. The summed E-state index contributed by atoms with van der Waals surface area (Å²) in [5.41, 5.74) is 2.39. The average Bonchev–Trinajstić information content (AvgIpc) is 3.19. The van der Waals surface area contributed by atoms with Crippen LogP contribution in [-0.4, -0.2) is 44.4 Å². The number of anilines is 1. The topological polar surface area (TPSA) is 102 Å². The third-order valence-corrected chi connectivity index (χ3v) is 5.53. The highest BCUT2D eigenvalue weighted by Crippen LogP contribution is 2.18. The van der Waals surface area contributed by atoms with Crippen LogP contribution < -0.4 is 10.0 Å². The van der Waals surface area contributed by atoms with Crippen molar-refractivity contribution in [2.24, 2.45) is 0 Å². The number of aryl methyl sites for hydroxylation is 1. The van der Waals surface area contributed by atoms with Gasteiger partial charge in [-0.1, -0.05) is 17.7 Å². The molecule has 9 heteroatoms. The lowest BCUT2D eigenvalue weighted by molar-refractivity contribution is 0.0931. The number of benzene rings is 2. The lowest BCUT2D eigenvalue weighted by Gasteiger charge is -2.09. The molecule has 0 saturated heterocycles. The molecule has 0 aliphatic heterocycles. The van der Waals surface area contributed by atoms with Crippen LogP contribution in [-0.2, 0) is 14.8 Å². The SMILES string of the molecule is COCCNC(=O)c1ccn(-c2ccc(NS(=O)(=O)c3ccc(C)cc3)cc2)n1. The van der Waals surface area contributed by atoms with Gasteiger partial charge in [0.25, 0.3) is 15.9 Å². The Bertz CT molecular complexity index is 1070. The van der Waals surface area contributed by atoms with E-state index in [1.54, 1.807) is 72.6 Å². The molecule has 0 aliphatic carbocycles. The lowest BCUT2D eigenvalue weighted by Crippen LogP contribution is -2.27. The Labute approximate surface area is 169 Å². The highest BCUT2D eigenvalue weighted by atomic mass is 32.2. The molecule has 0 atom stereocenters. The van der Waals surface area contributed by atoms with Gasteiger partial charge in [0.1, 0.15) is 0 Å². The molecule has 0 spiro atoms. The number of nitrogens with zero attached hydrogens (tertiary/aromatic N) is 2. The molecule has 1 aromatic heterocycles. The van der Waals surface area contributed by atoms with E-state index in [9.17, 15) is 13.2 Å². The first-order valence-electron chi connectivity index (χ1n) is 8.92. The van der Waals surface area contributed by atoms with Gasteiger partial charge in [0.2, 0.25) is 0 Å². The van der Waals surface area contributed by atoms with Crippen LogP contribution in [0, 0.1) is 6.92 Å². The van der Waals surface area contributed by atoms with E-state index in [0.717, 1.165) is 5.56 Å². The number of carbonyl (C=O) groups is 1. The minimum absolute atomic E-state index is 0.198. The van der Waals surface area contributed by atoms with Crippen LogP contribution in [0.5, 0.6) is 0 Å². The summed E-state index contributed by atoms with van der Waals surface area (Å²) in [5.74, 6) is -0.289. The van der Waals surface area contributed by atoms with Gasteiger partial charge in [-0.3, -0.25) is 9.52 Å². The molecule has 3 aromatic rings. The van der Waals surface area contributed by atoms with Gasteiger partial charge in [0.05, 0.1) is 17.2 Å². The van der Waals surface area contributed by atoms with Gasteiger partial charge in [-0.2, -0.15) is 5.10 Å². The molecule has 1 amide bonds. The second kappa shape index (κ2) is 8.89. The summed E-state index contributed by atoms with van der Waals surface area (Å²) < 4.78 is 33.9. The van der Waals surface area contributed by atoms with E-state index in [0.29, 0.717) is 24.5 Å². The number of methoxy groups -OCH3 is 1. The molecule has 0 bridgehead atoms. The summed E-state index contributed by atoms with van der Waals surface area (Å²) >= 11 is 0. The number of ether oxygens (including phenoxy) is 1. The molecule has 8 nitrogen and oxygen atoms in total. The predicted octanol–water partition coefficient (Wildman–Crippen LogP) is 2.36. The Morgan fingerprint density at radius 2 is 1.76 bits per heavy atom. The molecule has 152 valence electrons. The zero-order chi connectivity index (χ0) is 20.9. The maximum absolute atomic E-state index is 12.5. The minimum atomic E-state index is -3.66. The van der Waals surface area contributed by atoms with Crippen molar-refractivity contribution >= 4 is 21.6 Å². The fourth-order valence-electron chi connectivity index (χ4n) is 2.56. The summed E-state index contributed by atoms with van der Waals surface area (Å²) in [7, 11) is -2.10. The Morgan fingerprint density at radius 3 is 2.41 bits per heavy atom. The van der Waals surface area contributed by atoms with E-state index < -0.39 is 10.0 Å². The summed E-state index contributed by atoms with van der Waals surface area (Å²) in [5, 5.41) is 6.95. The fourth-order valence-corrected chi connectivity index (χ4v) is 3.62. The van der Waals surface area contributed by atoms with Crippen LogP contribution in [0.1, 0.15) is 16.1 Å². The Kier molecular flexibility index (Phi) is 6.30. The molecule has 1 heterocycles. The number of rotatable bonds is 8. The fraction of sp³-hybridized carbons (Fsp3) is 0.200. The highest BCUT2D eigenvalue weighted by Gasteiger charge is 2.14. The Morgan fingerprint density at radius 1 is 1.07 bits per heavy atom. The Hall–Kier alpha value is -3.17. The smallest absolute Gasteiger partial charge is 0.271 e.